The van der Waals surface area contributed by atoms with Crippen molar-refractivity contribution in [1.82, 2.24) is 19.9 Å². The number of halogens is 2. The summed E-state index contributed by atoms with van der Waals surface area (Å²) in [6.45, 7) is 0. The lowest BCUT2D eigenvalue weighted by Crippen LogP contribution is -1.98. The van der Waals surface area contributed by atoms with E-state index in [2.05, 4.69) is 35.9 Å². The van der Waals surface area contributed by atoms with Crippen molar-refractivity contribution in [2.75, 3.05) is 0 Å². The van der Waals surface area contributed by atoms with E-state index in [4.69, 9.17) is 11.6 Å². The van der Waals surface area contributed by atoms with E-state index in [1.54, 1.807) is 18.6 Å². The van der Waals surface area contributed by atoms with Crippen LogP contribution < -0.4 is 0 Å². The number of nitrogens with zero attached hydrogens (tertiary/aromatic N) is 4. The molecule has 0 bridgehead atoms. The Balaban J connectivity index is 2.12. The summed E-state index contributed by atoms with van der Waals surface area (Å²) in [6, 6.07) is 0. The Kier molecular flexibility index (Phi) is 2.80. The van der Waals surface area contributed by atoms with Gasteiger partial charge in [0.05, 0.1) is 16.4 Å². The molecule has 0 radical (unpaired) electrons. The molecule has 1 aliphatic rings. The third-order valence-corrected chi connectivity index (χ3v) is 3.88. The van der Waals surface area contributed by atoms with Gasteiger partial charge in [0.25, 0.3) is 0 Å². The van der Waals surface area contributed by atoms with Crippen molar-refractivity contribution in [3.63, 3.8) is 0 Å². The fraction of sp³-hybridized carbons (Fsp3) is 0.273. The highest BCUT2D eigenvalue weighted by molar-refractivity contribution is 9.10. The molecule has 0 aliphatic heterocycles. The van der Waals surface area contributed by atoms with Gasteiger partial charge in [-0.25, -0.2) is 15.0 Å². The van der Waals surface area contributed by atoms with Gasteiger partial charge in [-0.05, 0) is 28.8 Å². The minimum atomic E-state index is 0.433. The minimum Gasteiger partial charge on any atom is -0.261 e. The second-order valence-corrected chi connectivity index (χ2v) is 5.05. The van der Waals surface area contributed by atoms with Gasteiger partial charge < -0.3 is 0 Å². The van der Waals surface area contributed by atoms with Crippen molar-refractivity contribution in [3.05, 3.63) is 33.9 Å². The topological polar surface area (TPSA) is 51.6 Å². The molecule has 0 N–H and O–H groups in total. The average molecular weight is 312 g/mol. The van der Waals surface area contributed by atoms with Crippen LogP contribution >= 0.6 is 27.5 Å². The van der Waals surface area contributed by atoms with Crippen molar-refractivity contribution in [2.24, 2.45) is 0 Å². The highest BCUT2D eigenvalue weighted by atomic mass is 79.9. The van der Waals surface area contributed by atoms with Crippen molar-refractivity contribution >= 4 is 27.5 Å². The van der Waals surface area contributed by atoms with Gasteiger partial charge in [-0.15, -0.1) is 0 Å². The summed E-state index contributed by atoms with van der Waals surface area (Å²) in [7, 11) is 0. The molecule has 0 unspecified atom stereocenters. The zero-order valence-corrected chi connectivity index (χ0v) is 11.1. The van der Waals surface area contributed by atoms with Gasteiger partial charge in [-0.3, -0.25) is 4.98 Å². The molecule has 17 heavy (non-hydrogen) atoms. The van der Waals surface area contributed by atoms with Crippen LogP contribution in [0.25, 0.3) is 11.5 Å². The minimum absolute atomic E-state index is 0.433. The van der Waals surface area contributed by atoms with Crippen molar-refractivity contribution in [2.45, 2.75) is 18.8 Å². The smallest absolute Gasteiger partial charge is 0.181 e. The third-order valence-electron chi connectivity index (χ3n) is 2.59. The lowest BCUT2D eigenvalue weighted by Gasteiger charge is -2.06. The molecule has 0 saturated heterocycles. The maximum absolute atomic E-state index is 6.09. The second-order valence-electron chi connectivity index (χ2n) is 3.90. The highest BCUT2D eigenvalue weighted by Crippen LogP contribution is 2.44. The van der Waals surface area contributed by atoms with E-state index in [9.17, 15) is 0 Å². The fourth-order valence-electron chi connectivity index (χ4n) is 1.59. The molecule has 86 valence electrons. The van der Waals surface area contributed by atoms with Crippen LogP contribution in [0.1, 0.15) is 24.5 Å². The lowest BCUT2D eigenvalue weighted by molar-refractivity contribution is 0.970. The number of aromatic nitrogens is 4. The monoisotopic (exact) mass is 310 g/mol. The van der Waals surface area contributed by atoms with Gasteiger partial charge in [-0.2, -0.15) is 0 Å². The summed E-state index contributed by atoms with van der Waals surface area (Å²) in [6.07, 6.45) is 7.19. The first-order valence-corrected chi connectivity index (χ1v) is 6.42. The summed E-state index contributed by atoms with van der Waals surface area (Å²) in [5.41, 5.74) is 1.62. The molecule has 2 aromatic heterocycles. The normalized spacial score (nSPS) is 14.9. The Bertz CT molecular complexity index is 557. The van der Waals surface area contributed by atoms with E-state index < -0.39 is 0 Å². The molecule has 4 nitrogen and oxygen atoms in total. The fourth-order valence-corrected chi connectivity index (χ4v) is 2.27. The van der Waals surface area contributed by atoms with Gasteiger partial charge in [0.1, 0.15) is 10.8 Å². The number of hydrogen-bond donors (Lipinski definition) is 0. The lowest BCUT2D eigenvalue weighted by atomic mass is 10.2. The van der Waals surface area contributed by atoms with Crippen LogP contribution in [0, 0.1) is 0 Å². The molecule has 2 heterocycles. The van der Waals surface area contributed by atoms with E-state index >= 15 is 0 Å². The largest absolute Gasteiger partial charge is 0.261 e. The second kappa shape index (κ2) is 4.31. The summed E-state index contributed by atoms with van der Waals surface area (Å²) in [5, 5.41) is 0.433. The molecule has 1 saturated carbocycles. The zero-order valence-electron chi connectivity index (χ0n) is 8.77. The Morgan fingerprint density at radius 1 is 1.24 bits per heavy atom. The Hall–Kier alpha value is -1.07. The van der Waals surface area contributed by atoms with E-state index in [0.717, 1.165) is 23.0 Å². The van der Waals surface area contributed by atoms with Crippen LogP contribution in [0.3, 0.4) is 0 Å². The predicted molar refractivity (Wildman–Crippen MR) is 67.7 cm³/mol. The van der Waals surface area contributed by atoms with Crippen molar-refractivity contribution in [3.8, 4) is 11.5 Å². The summed E-state index contributed by atoms with van der Waals surface area (Å²) < 4.78 is 0.800. The quantitative estimate of drug-likeness (QED) is 0.799. The van der Waals surface area contributed by atoms with Crippen LogP contribution in [0.15, 0.2) is 23.1 Å². The molecule has 0 aromatic carbocycles. The van der Waals surface area contributed by atoms with Gasteiger partial charge in [-0.1, -0.05) is 11.6 Å². The molecule has 0 amide bonds. The molecule has 0 spiro atoms. The van der Waals surface area contributed by atoms with Crippen LogP contribution in [0.2, 0.25) is 5.15 Å². The van der Waals surface area contributed by atoms with E-state index in [-0.39, 0.29) is 0 Å². The van der Waals surface area contributed by atoms with Crippen molar-refractivity contribution < 1.29 is 0 Å². The molecule has 1 fully saturated rings. The summed E-state index contributed by atoms with van der Waals surface area (Å²) >= 11 is 9.53. The molecule has 1 aliphatic carbocycles. The first kappa shape index (κ1) is 11.0. The molecular weight excluding hydrogens is 304 g/mol. The van der Waals surface area contributed by atoms with Crippen LogP contribution in [0.5, 0.6) is 0 Å². The van der Waals surface area contributed by atoms with E-state index in [1.807, 2.05) is 0 Å². The van der Waals surface area contributed by atoms with Crippen LogP contribution in [0.4, 0.5) is 0 Å². The molecule has 6 heteroatoms. The maximum atomic E-state index is 6.09. The Morgan fingerprint density at radius 3 is 2.71 bits per heavy atom. The first-order chi connectivity index (χ1) is 8.25. The van der Waals surface area contributed by atoms with E-state index in [1.165, 1.54) is 0 Å². The Morgan fingerprint density at radius 2 is 2.06 bits per heavy atom. The molecule has 0 atom stereocenters. The predicted octanol–water partition coefficient (Wildman–Crippen LogP) is 3.23. The molecular formula is C11H8BrClN4. The zero-order chi connectivity index (χ0) is 11.8. The standard InChI is InChI=1S/C11H8BrClN4/c12-8-9(6-1-2-6)16-11(17-10(8)13)7-5-14-3-4-15-7/h3-6H,1-2H2. The number of rotatable bonds is 2. The third kappa shape index (κ3) is 2.17. The first-order valence-electron chi connectivity index (χ1n) is 5.25. The van der Waals surface area contributed by atoms with Crippen LogP contribution in [-0.4, -0.2) is 19.9 Å². The van der Waals surface area contributed by atoms with Gasteiger partial charge in [0.2, 0.25) is 0 Å². The van der Waals surface area contributed by atoms with Gasteiger partial charge in [0.15, 0.2) is 5.82 Å². The van der Waals surface area contributed by atoms with Gasteiger partial charge in [0, 0.05) is 18.3 Å². The summed E-state index contributed by atoms with van der Waals surface area (Å²) in [5.74, 6) is 1.04. The van der Waals surface area contributed by atoms with Gasteiger partial charge >= 0.3 is 0 Å². The van der Waals surface area contributed by atoms with E-state index in [0.29, 0.717) is 22.6 Å². The summed E-state index contributed by atoms with van der Waals surface area (Å²) in [4.78, 5) is 16.9. The average Bonchev–Trinajstić information content (AvgIpc) is 3.18. The van der Waals surface area contributed by atoms with Crippen molar-refractivity contribution in [1.29, 1.82) is 0 Å². The SMILES string of the molecule is Clc1nc(-c2cnccn2)nc(C2CC2)c1Br. The molecule has 2 aromatic rings. The molecule has 3 rings (SSSR count). The Labute approximate surface area is 112 Å². The highest BCUT2D eigenvalue weighted by Gasteiger charge is 2.29. The number of hydrogen-bond acceptors (Lipinski definition) is 4. The van der Waals surface area contributed by atoms with Crippen LogP contribution in [-0.2, 0) is 0 Å². The maximum Gasteiger partial charge on any atom is 0.181 e.